The Bertz CT molecular complexity index is 1520. The molecule has 0 saturated heterocycles. The fourth-order valence-electron chi connectivity index (χ4n) is 4.02. The van der Waals surface area contributed by atoms with Crippen LogP contribution in [0.5, 0.6) is 5.75 Å². The molecule has 0 saturated carbocycles. The van der Waals surface area contributed by atoms with Crippen LogP contribution >= 0.6 is 11.6 Å². The summed E-state index contributed by atoms with van der Waals surface area (Å²) in [5, 5.41) is 14.2. The number of carbonyl (C=O) groups excluding carboxylic acids is 2. The van der Waals surface area contributed by atoms with Crippen molar-refractivity contribution in [1.29, 1.82) is 0 Å². The molecular weight excluding hydrogens is 560 g/mol. The minimum Gasteiger partial charge on any atom is -0.495 e. The quantitative estimate of drug-likeness (QED) is 0.264. The Kier molecular flexibility index (Phi) is 9.72. The van der Waals surface area contributed by atoms with Crippen molar-refractivity contribution in [2.45, 2.75) is 31.3 Å². The number of ether oxygens (including phenoxy) is 1. The van der Waals surface area contributed by atoms with Crippen LogP contribution in [0.3, 0.4) is 0 Å². The number of sulfonamides is 1. The molecule has 3 aromatic rings. The molecule has 13 heteroatoms. The molecular formula is C27H29ClN4O7S. The maximum Gasteiger partial charge on any atom is 0.273 e. The SMILES string of the molecule is CNC(=O)[C@H](C)N(Cc1ccccc1)C(=O)CN(c1cc(Cl)ccc1OC)S(=O)(=O)c1ccc(C)c([N+](=O)[O-])c1. The summed E-state index contributed by atoms with van der Waals surface area (Å²) in [5.74, 6) is -1.06. The van der Waals surface area contributed by atoms with E-state index in [-0.39, 0.29) is 28.6 Å². The van der Waals surface area contributed by atoms with Crippen molar-refractivity contribution in [2.75, 3.05) is 25.0 Å². The largest absolute Gasteiger partial charge is 0.495 e. The van der Waals surface area contributed by atoms with Crippen LogP contribution in [0.15, 0.2) is 71.6 Å². The molecule has 0 spiro atoms. The standard InChI is InChI=1S/C27H29ClN4O7S/c1-18-10-12-22(15-23(18)32(35)36)40(37,38)31(24-14-21(28)11-13-25(24)39-4)17-26(33)30(19(2)27(34)29-3)16-20-8-6-5-7-9-20/h5-15,19H,16-17H2,1-4H3,(H,29,34)/t19-/m0/s1. The molecule has 0 aliphatic rings. The van der Waals surface area contributed by atoms with Crippen LogP contribution in [0, 0.1) is 17.0 Å². The van der Waals surface area contributed by atoms with Gasteiger partial charge in [0.1, 0.15) is 18.3 Å². The van der Waals surface area contributed by atoms with E-state index in [0.29, 0.717) is 0 Å². The third kappa shape index (κ3) is 6.69. The Balaban J connectivity index is 2.16. The van der Waals surface area contributed by atoms with Crippen LogP contribution in [-0.4, -0.2) is 56.8 Å². The van der Waals surface area contributed by atoms with Gasteiger partial charge < -0.3 is 15.0 Å². The summed E-state index contributed by atoms with van der Waals surface area (Å²) in [6.45, 7) is 2.28. The normalized spacial score (nSPS) is 11.8. The predicted octanol–water partition coefficient (Wildman–Crippen LogP) is 3.92. The van der Waals surface area contributed by atoms with E-state index >= 15 is 0 Å². The van der Waals surface area contributed by atoms with Gasteiger partial charge in [-0.15, -0.1) is 0 Å². The van der Waals surface area contributed by atoms with Crippen LogP contribution in [0.1, 0.15) is 18.1 Å². The zero-order chi connectivity index (χ0) is 29.6. The lowest BCUT2D eigenvalue weighted by molar-refractivity contribution is -0.385. The summed E-state index contributed by atoms with van der Waals surface area (Å²) in [4.78, 5) is 38.1. The number of aryl methyl sites for hydroxylation is 1. The number of benzene rings is 3. The summed E-state index contributed by atoms with van der Waals surface area (Å²) in [5.41, 5.74) is 0.527. The lowest BCUT2D eigenvalue weighted by Gasteiger charge is -2.32. The molecule has 0 aliphatic carbocycles. The van der Waals surface area contributed by atoms with Crippen molar-refractivity contribution in [3.63, 3.8) is 0 Å². The Morgan fingerprint density at radius 1 is 1.10 bits per heavy atom. The highest BCUT2D eigenvalue weighted by atomic mass is 35.5. The lowest BCUT2D eigenvalue weighted by Crippen LogP contribution is -2.50. The number of nitrogens with one attached hydrogen (secondary N) is 1. The Morgan fingerprint density at radius 2 is 1.77 bits per heavy atom. The molecule has 0 aromatic heterocycles. The summed E-state index contributed by atoms with van der Waals surface area (Å²) in [6, 6.07) is 15.7. The van der Waals surface area contributed by atoms with Crippen molar-refractivity contribution in [3.05, 3.63) is 93.0 Å². The van der Waals surface area contributed by atoms with Crippen LogP contribution in [0.2, 0.25) is 5.02 Å². The van der Waals surface area contributed by atoms with Gasteiger partial charge in [0.25, 0.3) is 15.7 Å². The number of halogens is 1. The fraction of sp³-hybridized carbons (Fsp3) is 0.259. The maximum atomic E-state index is 14.0. The molecule has 212 valence electrons. The van der Waals surface area contributed by atoms with Crippen molar-refractivity contribution < 1.29 is 27.7 Å². The summed E-state index contributed by atoms with van der Waals surface area (Å²) in [7, 11) is -1.83. The van der Waals surface area contributed by atoms with Gasteiger partial charge in [-0.05, 0) is 43.7 Å². The van der Waals surface area contributed by atoms with Gasteiger partial charge in [-0.1, -0.05) is 48.0 Å². The number of carbonyl (C=O) groups is 2. The van der Waals surface area contributed by atoms with Crippen molar-refractivity contribution >= 4 is 44.8 Å². The number of hydrogen-bond acceptors (Lipinski definition) is 7. The number of anilines is 1. The zero-order valence-corrected chi connectivity index (χ0v) is 23.9. The van der Waals surface area contributed by atoms with E-state index in [9.17, 15) is 28.1 Å². The van der Waals surface area contributed by atoms with Crippen LogP contribution < -0.4 is 14.4 Å². The average Bonchev–Trinajstić information content (AvgIpc) is 2.94. The average molecular weight is 589 g/mol. The van der Waals surface area contributed by atoms with E-state index in [4.69, 9.17) is 16.3 Å². The predicted molar refractivity (Wildman–Crippen MR) is 151 cm³/mol. The Morgan fingerprint density at radius 3 is 2.38 bits per heavy atom. The van der Waals surface area contributed by atoms with Crippen LogP contribution in [-0.2, 0) is 26.2 Å². The van der Waals surface area contributed by atoms with Gasteiger partial charge in [-0.2, -0.15) is 0 Å². The topological polar surface area (TPSA) is 139 Å². The molecule has 3 rings (SSSR count). The number of hydrogen-bond donors (Lipinski definition) is 1. The van der Waals surface area contributed by atoms with Crippen molar-refractivity contribution in [2.24, 2.45) is 0 Å². The van der Waals surface area contributed by atoms with Crippen molar-refractivity contribution in [1.82, 2.24) is 10.2 Å². The first-order valence-electron chi connectivity index (χ1n) is 12.1. The lowest BCUT2D eigenvalue weighted by atomic mass is 10.1. The van der Waals surface area contributed by atoms with E-state index < -0.39 is 49.9 Å². The van der Waals surface area contributed by atoms with Crippen LogP contribution in [0.25, 0.3) is 0 Å². The second-order valence-electron chi connectivity index (χ2n) is 8.83. The van der Waals surface area contributed by atoms with E-state index in [0.717, 1.165) is 15.9 Å². The number of nitro benzene ring substituents is 1. The van der Waals surface area contributed by atoms with Gasteiger partial charge in [0.15, 0.2) is 0 Å². The third-order valence-corrected chi connectivity index (χ3v) is 8.25. The molecule has 0 fully saturated rings. The Labute approximate surface area is 237 Å². The molecule has 0 aliphatic heterocycles. The first kappa shape index (κ1) is 30.4. The first-order valence-corrected chi connectivity index (χ1v) is 13.9. The summed E-state index contributed by atoms with van der Waals surface area (Å²) < 4.78 is 34.2. The molecule has 1 N–H and O–H groups in total. The highest BCUT2D eigenvalue weighted by Crippen LogP contribution is 2.36. The Hall–Kier alpha value is -4.16. The molecule has 1 atom stereocenters. The molecule has 0 unspecified atom stereocenters. The highest BCUT2D eigenvalue weighted by Gasteiger charge is 2.34. The molecule has 3 aromatic carbocycles. The van der Waals surface area contributed by atoms with Crippen molar-refractivity contribution in [3.8, 4) is 5.75 Å². The van der Waals surface area contributed by atoms with Gasteiger partial charge in [-0.3, -0.25) is 24.0 Å². The summed E-state index contributed by atoms with van der Waals surface area (Å²) >= 11 is 6.20. The van der Waals surface area contributed by atoms with Gasteiger partial charge in [0, 0.05) is 30.2 Å². The number of methoxy groups -OCH3 is 1. The van der Waals surface area contributed by atoms with E-state index in [1.165, 1.54) is 63.2 Å². The zero-order valence-electron chi connectivity index (χ0n) is 22.3. The fourth-order valence-corrected chi connectivity index (χ4v) is 5.62. The van der Waals surface area contributed by atoms with E-state index in [2.05, 4.69) is 5.32 Å². The first-order chi connectivity index (χ1) is 18.9. The van der Waals surface area contributed by atoms with Gasteiger partial charge >= 0.3 is 0 Å². The number of nitro groups is 1. The number of likely N-dealkylation sites (N-methyl/N-ethyl adjacent to an activating group) is 1. The number of amides is 2. The second kappa shape index (κ2) is 12.8. The molecule has 0 radical (unpaired) electrons. The molecule has 0 bridgehead atoms. The van der Waals surface area contributed by atoms with E-state index in [1.54, 1.807) is 30.3 Å². The minimum atomic E-state index is -4.59. The minimum absolute atomic E-state index is 0.0187. The van der Waals surface area contributed by atoms with E-state index in [1.807, 2.05) is 0 Å². The number of rotatable bonds is 11. The smallest absolute Gasteiger partial charge is 0.273 e. The molecule has 11 nitrogen and oxygen atoms in total. The van der Waals surface area contributed by atoms with Gasteiger partial charge in [-0.25, -0.2) is 8.42 Å². The highest BCUT2D eigenvalue weighted by molar-refractivity contribution is 7.92. The monoisotopic (exact) mass is 588 g/mol. The van der Waals surface area contributed by atoms with Crippen LogP contribution in [0.4, 0.5) is 11.4 Å². The summed E-state index contributed by atoms with van der Waals surface area (Å²) in [6.07, 6.45) is 0. The molecule has 0 heterocycles. The third-order valence-electron chi connectivity index (χ3n) is 6.26. The number of nitrogens with zero attached hydrogens (tertiary/aromatic N) is 3. The van der Waals surface area contributed by atoms with Gasteiger partial charge in [0.05, 0.1) is 22.6 Å². The molecule has 2 amide bonds. The molecule has 40 heavy (non-hydrogen) atoms. The second-order valence-corrected chi connectivity index (χ2v) is 11.1. The maximum absolute atomic E-state index is 14.0. The van der Waals surface area contributed by atoms with Gasteiger partial charge in [0.2, 0.25) is 11.8 Å².